The largest absolute Gasteiger partial charge is 0.497 e. The Morgan fingerprint density at radius 1 is 0.879 bits per heavy atom. The highest BCUT2D eigenvalue weighted by molar-refractivity contribution is 5.95. The second-order valence-electron chi connectivity index (χ2n) is 7.31. The summed E-state index contributed by atoms with van der Waals surface area (Å²) in [5.74, 6) is 0.501. The van der Waals surface area contributed by atoms with Crippen molar-refractivity contribution in [2.75, 3.05) is 7.11 Å². The lowest BCUT2D eigenvalue weighted by atomic mass is 10.1. The van der Waals surface area contributed by atoms with Gasteiger partial charge in [-0.1, -0.05) is 0 Å². The van der Waals surface area contributed by atoms with E-state index >= 15 is 0 Å². The molecule has 0 aliphatic carbocycles. The first-order chi connectivity index (χ1) is 16.2. The number of aromatic amines is 2. The molecule has 0 atom stereocenters. The molecule has 1 aromatic carbocycles. The van der Waals surface area contributed by atoms with Crippen LogP contribution in [0.1, 0.15) is 0 Å². The number of methoxy groups -OCH3 is 1. The number of fused-ring (bicyclic) bond motifs is 2. The van der Waals surface area contributed by atoms with Gasteiger partial charge in [0.25, 0.3) is 0 Å². The number of imidazole rings is 1. The predicted octanol–water partition coefficient (Wildman–Crippen LogP) is 4.17. The summed E-state index contributed by atoms with van der Waals surface area (Å²) in [5.41, 5.74) is 5.90. The van der Waals surface area contributed by atoms with Crippen molar-refractivity contribution in [1.29, 1.82) is 0 Å². The van der Waals surface area contributed by atoms with Crippen LogP contribution in [0.4, 0.5) is 4.39 Å². The molecule has 0 radical (unpaired) electrons. The number of halogens is 1. The Labute approximate surface area is 185 Å². The highest BCUT2D eigenvalue weighted by Gasteiger charge is 2.18. The molecule has 0 fully saturated rings. The Kier molecular flexibility index (Phi) is 4.29. The van der Waals surface area contributed by atoms with E-state index < -0.39 is 5.82 Å². The van der Waals surface area contributed by atoms with Crippen LogP contribution in [0.2, 0.25) is 0 Å². The van der Waals surface area contributed by atoms with Crippen molar-refractivity contribution in [3.63, 3.8) is 0 Å². The Hall–Kier alpha value is -4.73. The fourth-order valence-electron chi connectivity index (χ4n) is 3.73. The lowest BCUT2D eigenvalue weighted by Crippen LogP contribution is -1.90. The smallest absolute Gasteiger partial charge is 0.161 e. The SMILES string of the molecule is COc1cc(F)cc(-c2nccc3[nH]c(-c4n[nH]c5ccc(-c6cncnc6)nc45)nc23)c1. The second-order valence-corrected chi connectivity index (χ2v) is 7.31. The third kappa shape index (κ3) is 3.24. The first kappa shape index (κ1) is 19.0. The summed E-state index contributed by atoms with van der Waals surface area (Å²) in [6.45, 7) is 0. The Morgan fingerprint density at radius 2 is 1.73 bits per heavy atom. The summed E-state index contributed by atoms with van der Waals surface area (Å²) >= 11 is 0. The average molecular weight is 438 g/mol. The minimum absolute atomic E-state index is 0.402. The van der Waals surface area contributed by atoms with Crippen LogP contribution >= 0.6 is 0 Å². The maximum atomic E-state index is 14.1. The molecule has 5 heterocycles. The van der Waals surface area contributed by atoms with Gasteiger partial charge in [-0.2, -0.15) is 5.10 Å². The van der Waals surface area contributed by atoms with Crippen LogP contribution in [0.15, 0.2) is 61.3 Å². The number of nitrogens with one attached hydrogen (secondary N) is 2. The summed E-state index contributed by atoms with van der Waals surface area (Å²) in [6.07, 6.45) is 6.52. The van der Waals surface area contributed by atoms with E-state index in [1.807, 2.05) is 12.1 Å². The fourth-order valence-corrected chi connectivity index (χ4v) is 3.73. The van der Waals surface area contributed by atoms with Gasteiger partial charge in [0.05, 0.1) is 29.5 Å². The molecule has 2 N–H and O–H groups in total. The van der Waals surface area contributed by atoms with Crippen molar-refractivity contribution in [2.45, 2.75) is 0 Å². The number of hydrogen-bond donors (Lipinski definition) is 2. The zero-order valence-electron chi connectivity index (χ0n) is 17.2. The Balaban J connectivity index is 1.50. The number of H-pyrrole nitrogens is 2. The Morgan fingerprint density at radius 3 is 2.58 bits per heavy atom. The fraction of sp³-hybridized carbons (Fsp3) is 0.0435. The third-order valence-electron chi connectivity index (χ3n) is 5.27. The summed E-state index contributed by atoms with van der Waals surface area (Å²) in [7, 11) is 1.49. The van der Waals surface area contributed by atoms with Gasteiger partial charge in [0.1, 0.15) is 28.9 Å². The molecule has 10 heteroatoms. The number of pyridine rings is 2. The van der Waals surface area contributed by atoms with E-state index in [2.05, 4.69) is 30.1 Å². The number of nitrogens with zero attached hydrogens (tertiary/aromatic N) is 6. The van der Waals surface area contributed by atoms with Crippen molar-refractivity contribution in [2.24, 2.45) is 0 Å². The highest BCUT2D eigenvalue weighted by atomic mass is 19.1. The van der Waals surface area contributed by atoms with Crippen LogP contribution < -0.4 is 4.74 Å². The number of benzene rings is 1. The number of ether oxygens (including phenoxy) is 1. The van der Waals surface area contributed by atoms with Crippen molar-refractivity contribution < 1.29 is 9.13 Å². The molecule has 0 saturated heterocycles. The third-order valence-corrected chi connectivity index (χ3v) is 5.27. The van der Waals surface area contributed by atoms with Crippen LogP contribution in [0, 0.1) is 5.82 Å². The van der Waals surface area contributed by atoms with Crippen LogP contribution in [0.3, 0.4) is 0 Å². The first-order valence-corrected chi connectivity index (χ1v) is 10.00. The van der Waals surface area contributed by atoms with E-state index in [-0.39, 0.29) is 0 Å². The van der Waals surface area contributed by atoms with Gasteiger partial charge in [-0.3, -0.25) is 10.1 Å². The summed E-state index contributed by atoms with van der Waals surface area (Å²) < 4.78 is 19.3. The number of aromatic nitrogens is 8. The predicted molar refractivity (Wildman–Crippen MR) is 120 cm³/mol. The van der Waals surface area contributed by atoms with Crippen LogP contribution in [0.25, 0.3) is 56.1 Å². The van der Waals surface area contributed by atoms with E-state index in [1.54, 1.807) is 30.7 Å². The van der Waals surface area contributed by atoms with Gasteiger partial charge in [-0.25, -0.2) is 24.3 Å². The van der Waals surface area contributed by atoms with Gasteiger partial charge in [0, 0.05) is 35.8 Å². The minimum Gasteiger partial charge on any atom is -0.497 e. The van der Waals surface area contributed by atoms with Crippen molar-refractivity contribution in [3.05, 3.63) is 67.1 Å². The van der Waals surface area contributed by atoms with Gasteiger partial charge in [0.2, 0.25) is 0 Å². The molecular weight excluding hydrogens is 423 g/mol. The summed E-state index contributed by atoms with van der Waals surface area (Å²) in [6, 6.07) is 10.0. The second kappa shape index (κ2) is 7.45. The number of rotatable bonds is 4. The van der Waals surface area contributed by atoms with E-state index in [0.717, 1.165) is 22.3 Å². The zero-order valence-corrected chi connectivity index (χ0v) is 17.2. The van der Waals surface area contributed by atoms with Crippen molar-refractivity contribution in [1.82, 2.24) is 40.1 Å². The maximum Gasteiger partial charge on any atom is 0.161 e. The van der Waals surface area contributed by atoms with E-state index in [4.69, 9.17) is 14.7 Å². The lowest BCUT2D eigenvalue weighted by molar-refractivity contribution is 0.411. The monoisotopic (exact) mass is 438 g/mol. The van der Waals surface area contributed by atoms with Crippen molar-refractivity contribution >= 4 is 22.1 Å². The zero-order chi connectivity index (χ0) is 22.4. The summed E-state index contributed by atoms with van der Waals surface area (Å²) in [5, 5.41) is 7.42. The number of hydrogen-bond acceptors (Lipinski definition) is 7. The molecule has 0 aliphatic heterocycles. The molecule has 160 valence electrons. The molecule has 5 aromatic heterocycles. The van der Waals surface area contributed by atoms with Crippen LogP contribution in [0.5, 0.6) is 5.75 Å². The van der Waals surface area contributed by atoms with Crippen LogP contribution in [-0.2, 0) is 0 Å². The Bertz CT molecular complexity index is 1630. The van der Waals surface area contributed by atoms with E-state index in [0.29, 0.717) is 39.6 Å². The molecule has 0 amide bonds. The molecule has 6 aromatic rings. The standard InChI is InChI=1S/C23H15FN8O/c1-33-15-7-12(6-14(24)8-15)19-20-17(4-5-27-19)29-23(30-20)22-21-18(31-32-22)3-2-16(28-21)13-9-25-11-26-10-13/h2-11H,1H3,(H,29,30)(H,31,32). The molecule has 6 rings (SSSR count). The normalized spacial score (nSPS) is 11.3. The quantitative estimate of drug-likeness (QED) is 0.424. The first-order valence-electron chi connectivity index (χ1n) is 10.00. The molecular formula is C23H15FN8O. The maximum absolute atomic E-state index is 14.1. The minimum atomic E-state index is -0.418. The molecule has 0 bridgehead atoms. The van der Waals surface area contributed by atoms with E-state index in [1.165, 1.54) is 25.6 Å². The van der Waals surface area contributed by atoms with Gasteiger partial charge in [-0.05, 0) is 30.3 Å². The molecule has 0 aliphatic rings. The lowest BCUT2D eigenvalue weighted by Gasteiger charge is -2.05. The molecule has 0 spiro atoms. The molecule has 33 heavy (non-hydrogen) atoms. The van der Waals surface area contributed by atoms with Gasteiger partial charge in [-0.15, -0.1) is 0 Å². The molecule has 0 saturated carbocycles. The van der Waals surface area contributed by atoms with Crippen molar-refractivity contribution in [3.8, 4) is 39.8 Å². The topological polar surface area (TPSA) is 118 Å². The molecule has 0 unspecified atom stereocenters. The average Bonchev–Trinajstić information content (AvgIpc) is 3.47. The molecule has 9 nitrogen and oxygen atoms in total. The van der Waals surface area contributed by atoms with Gasteiger partial charge >= 0.3 is 0 Å². The van der Waals surface area contributed by atoms with Crippen LogP contribution in [-0.4, -0.2) is 47.2 Å². The van der Waals surface area contributed by atoms with E-state index in [9.17, 15) is 4.39 Å². The summed E-state index contributed by atoms with van der Waals surface area (Å²) in [4.78, 5) is 25.3. The highest BCUT2D eigenvalue weighted by Crippen LogP contribution is 2.32. The van der Waals surface area contributed by atoms with Gasteiger partial charge in [0.15, 0.2) is 11.5 Å². The van der Waals surface area contributed by atoms with Gasteiger partial charge < -0.3 is 9.72 Å².